The highest BCUT2D eigenvalue weighted by atomic mass is 32.1. The molecule has 1 aliphatic carbocycles. The van der Waals surface area contributed by atoms with E-state index in [4.69, 9.17) is 5.73 Å². The first-order valence-electron chi connectivity index (χ1n) is 5.99. The summed E-state index contributed by atoms with van der Waals surface area (Å²) in [7, 11) is 0. The van der Waals surface area contributed by atoms with E-state index in [1.54, 1.807) is 0 Å². The predicted molar refractivity (Wildman–Crippen MR) is 68.9 cm³/mol. The molecule has 0 radical (unpaired) electrons. The zero-order valence-corrected chi connectivity index (χ0v) is 11.0. The number of rotatable bonds is 2. The van der Waals surface area contributed by atoms with E-state index in [-0.39, 0.29) is 16.3 Å². The molecule has 2 aromatic rings. The van der Waals surface area contributed by atoms with Gasteiger partial charge in [0.05, 0.1) is 10.6 Å². The van der Waals surface area contributed by atoms with E-state index in [1.165, 1.54) is 11.3 Å². The van der Waals surface area contributed by atoms with Crippen LogP contribution in [0.15, 0.2) is 18.2 Å². The van der Waals surface area contributed by atoms with E-state index in [2.05, 4.69) is 4.98 Å². The van der Waals surface area contributed by atoms with Gasteiger partial charge in [-0.2, -0.15) is 13.2 Å². The summed E-state index contributed by atoms with van der Waals surface area (Å²) in [5, 5.41) is 0.999. The third kappa shape index (κ3) is 2.37. The van der Waals surface area contributed by atoms with Gasteiger partial charge in [-0.05, 0) is 31.0 Å². The SMILES string of the molecule is Nc1sc(C2CC2)nc1-c1ccc(F)cc1C(F)(F)F. The zero-order valence-electron chi connectivity index (χ0n) is 10.2. The number of halogens is 4. The van der Waals surface area contributed by atoms with Crippen molar-refractivity contribution in [3.63, 3.8) is 0 Å². The molecular formula is C13H10F4N2S. The number of thiazole rings is 1. The molecule has 0 amide bonds. The van der Waals surface area contributed by atoms with Crippen LogP contribution in [0.3, 0.4) is 0 Å². The maximum Gasteiger partial charge on any atom is 0.417 e. The van der Waals surface area contributed by atoms with Crippen LogP contribution in [0.4, 0.5) is 22.6 Å². The van der Waals surface area contributed by atoms with E-state index in [1.807, 2.05) is 0 Å². The van der Waals surface area contributed by atoms with Gasteiger partial charge in [0.2, 0.25) is 0 Å². The molecule has 0 atom stereocenters. The van der Waals surface area contributed by atoms with Gasteiger partial charge in [0.1, 0.15) is 16.5 Å². The van der Waals surface area contributed by atoms with Gasteiger partial charge in [-0.25, -0.2) is 9.37 Å². The van der Waals surface area contributed by atoms with Crippen LogP contribution in [0.5, 0.6) is 0 Å². The van der Waals surface area contributed by atoms with Gasteiger partial charge in [-0.3, -0.25) is 0 Å². The lowest BCUT2D eigenvalue weighted by atomic mass is 10.0. The number of nitrogen functional groups attached to an aromatic ring is 1. The fourth-order valence-corrected chi connectivity index (χ4v) is 3.02. The molecule has 1 aliphatic rings. The highest BCUT2D eigenvalue weighted by molar-refractivity contribution is 7.16. The van der Waals surface area contributed by atoms with Crippen molar-refractivity contribution in [2.75, 3.05) is 5.73 Å². The molecule has 20 heavy (non-hydrogen) atoms. The molecule has 0 aliphatic heterocycles. The maximum atomic E-state index is 13.1. The lowest BCUT2D eigenvalue weighted by Crippen LogP contribution is -2.08. The van der Waals surface area contributed by atoms with Crippen LogP contribution < -0.4 is 5.73 Å². The maximum absolute atomic E-state index is 13.1. The van der Waals surface area contributed by atoms with Crippen molar-refractivity contribution in [3.8, 4) is 11.3 Å². The molecule has 3 rings (SSSR count). The minimum atomic E-state index is -4.65. The summed E-state index contributed by atoms with van der Waals surface area (Å²) in [4.78, 5) is 4.22. The molecule has 0 unspecified atom stereocenters. The van der Waals surface area contributed by atoms with E-state index in [0.29, 0.717) is 12.0 Å². The Kier molecular flexibility index (Phi) is 2.97. The number of hydrogen-bond acceptors (Lipinski definition) is 3. The third-order valence-corrected chi connectivity index (χ3v) is 4.19. The number of benzene rings is 1. The second-order valence-corrected chi connectivity index (χ2v) is 5.79. The Hall–Kier alpha value is -1.63. The first-order chi connectivity index (χ1) is 9.36. The Labute approximate surface area is 116 Å². The van der Waals surface area contributed by atoms with Crippen molar-refractivity contribution in [1.82, 2.24) is 4.98 Å². The number of nitrogens with zero attached hydrogens (tertiary/aromatic N) is 1. The monoisotopic (exact) mass is 302 g/mol. The van der Waals surface area contributed by atoms with Crippen LogP contribution in [-0.2, 0) is 6.18 Å². The molecule has 1 saturated carbocycles. The Bertz CT molecular complexity index is 659. The lowest BCUT2D eigenvalue weighted by molar-refractivity contribution is -0.137. The molecule has 1 fully saturated rings. The Morgan fingerprint density at radius 3 is 2.55 bits per heavy atom. The van der Waals surface area contributed by atoms with Gasteiger partial charge in [-0.15, -0.1) is 11.3 Å². The van der Waals surface area contributed by atoms with Crippen molar-refractivity contribution in [3.05, 3.63) is 34.6 Å². The molecule has 1 aromatic carbocycles. The highest BCUT2D eigenvalue weighted by Crippen LogP contribution is 2.46. The molecule has 2 nitrogen and oxygen atoms in total. The molecule has 0 bridgehead atoms. The second kappa shape index (κ2) is 4.44. The summed E-state index contributed by atoms with van der Waals surface area (Å²) in [5.41, 5.74) is 4.67. The van der Waals surface area contributed by atoms with Gasteiger partial charge in [0.25, 0.3) is 0 Å². The van der Waals surface area contributed by atoms with E-state index in [9.17, 15) is 17.6 Å². The van der Waals surface area contributed by atoms with Gasteiger partial charge >= 0.3 is 6.18 Å². The molecular weight excluding hydrogens is 292 g/mol. The second-order valence-electron chi connectivity index (χ2n) is 4.73. The molecule has 2 N–H and O–H groups in total. The van der Waals surface area contributed by atoms with Gasteiger partial charge in [0.15, 0.2) is 0 Å². The molecule has 0 saturated heterocycles. The first kappa shape index (κ1) is 13.4. The Morgan fingerprint density at radius 2 is 1.95 bits per heavy atom. The van der Waals surface area contributed by atoms with Crippen LogP contribution >= 0.6 is 11.3 Å². The average Bonchev–Trinajstić information content (AvgIpc) is 3.12. The Balaban J connectivity index is 2.14. The summed E-state index contributed by atoms with van der Waals surface area (Å²) >= 11 is 1.21. The molecule has 0 spiro atoms. The van der Waals surface area contributed by atoms with Gasteiger partial charge in [-0.1, -0.05) is 0 Å². The summed E-state index contributed by atoms with van der Waals surface area (Å²) in [5.74, 6) is -0.622. The number of alkyl halides is 3. The fraction of sp³-hybridized carbons (Fsp3) is 0.308. The van der Waals surface area contributed by atoms with E-state index in [0.717, 1.165) is 30.0 Å². The predicted octanol–water partition coefficient (Wildman–Crippen LogP) is 4.43. The van der Waals surface area contributed by atoms with Crippen molar-refractivity contribution in [2.45, 2.75) is 24.9 Å². The van der Waals surface area contributed by atoms with Gasteiger partial charge in [0, 0.05) is 11.5 Å². The standard InChI is InChI=1S/C13H10F4N2S/c14-7-3-4-8(9(5-7)13(15,16)17)10-11(18)20-12(19-10)6-1-2-6/h3-6H,1-2,18H2. The molecule has 106 valence electrons. The fourth-order valence-electron chi connectivity index (χ4n) is 2.00. The van der Waals surface area contributed by atoms with Crippen LogP contribution in [0.25, 0.3) is 11.3 Å². The number of anilines is 1. The topological polar surface area (TPSA) is 38.9 Å². The number of nitrogens with two attached hydrogens (primary N) is 1. The molecule has 1 aromatic heterocycles. The normalized spacial score (nSPS) is 15.6. The smallest absolute Gasteiger partial charge is 0.389 e. The molecule has 1 heterocycles. The minimum Gasteiger partial charge on any atom is -0.389 e. The van der Waals surface area contributed by atoms with Crippen molar-refractivity contribution in [2.24, 2.45) is 0 Å². The van der Waals surface area contributed by atoms with Crippen LogP contribution in [0.2, 0.25) is 0 Å². The van der Waals surface area contributed by atoms with Crippen molar-refractivity contribution < 1.29 is 17.6 Å². The number of aromatic nitrogens is 1. The van der Waals surface area contributed by atoms with Crippen molar-refractivity contribution in [1.29, 1.82) is 0 Å². The van der Waals surface area contributed by atoms with Crippen LogP contribution in [0, 0.1) is 5.82 Å². The van der Waals surface area contributed by atoms with Crippen molar-refractivity contribution >= 4 is 16.3 Å². The lowest BCUT2D eigenvalue weighted by Gasteiger charge is -2.11. The summed E-state index contributed by atoms with van der Waals surface area (Å²) in [6.45, 7) is 0. The average molecular weight is 302 g/mol. The molecule has 7 heteroatoms. The summed E-state index contributed by atoms with van der Waals surface area (Å²) in [6, 6.07) is 2.55. The van der Waals surface area contributed by atoms with Crippen LogP contribution in [0.1, 0.15) is 29.3 Å². The first-order valence-corrected chi connectivity index (χ1v) is 6.81. The zero-order chi connectivity index (χ0) is 14.5. The number of hydrogen-bond donors (Lipinski definition) is 1. The third-order valence-electron chi connectivity index (χ3n) is 3.14. The quantitative estimate of drug-likeness (QED) is 0.834. The minimum absolute atomic E-state index is 0.101. The summed E-state index contributed by atoms with van der Waals surface area (Å²) < 4.78 is 52.1. The Morgan fingerprint density at radius 1 is 1.25 bits per heavy atom. The van der Waals surface area contributed by atoms with E-state index < -0.39 is 17.6 Å². The largest absolute Gasteiger partial charge is 0.417 e. The van der Waals surface area contributed by atoms with E-state index >= 15 is 0 Å². The summed E-state index contributed by atoms with van der Waals surface area (Å²) in [6.07, 6.45) is -2.67. The highest BCUT2D eigenvalue weighted by Gasteiger charge is 2.36. The van der Waals surface area contributed by atoms with Crippen LogP contribution in [-0.4, -0.2) is 4.98 Å². The van der Waals surface area contributed by atoms with Gasteiger partial charge < -0.3 is 5.73 Å².